The Labute approximate surface area is 119 Å². The third-order valence-corrected chi connectivity index (χ3v) is 3.43. The lowest BCUT2D eigenvalue weighted by Gasteiger charge is -2.02. The van der Waals surface area contributed by atoms with Gasteiger partial charge < -0.3 is 9.47 Å². The van der Waals surface area contributed by atoms with Gasteiger partial charge in [0.2, 0.25) is 0 Å². The molecule has 1 aromatic heterocycles. The second kappa shape index (κ2) is 6.81. The number of benzene rings is 1. The second-order valence-electron chi connectivity index (χ2n) is 3.72. The van der Waals surface area contributed by atoms with Crippen molar-refractivity contribution >= 4 is 44.2 Å². The number of ether oxygens (including phenoxy) is 2. The fourth-order valence-electron chi connectivity index (χ4n) is 1.41. The average Bonchev–Trinajstić information content (AvgIpc) is 2.76. The molecule has 0 aliphatic rings. The molecule has 1 N–H and O–H groups in total. The minimum Gasteiger partial charge on any atom is -0.382 e. The van der Waals surface area contributed by atoms with E-state index in [0.29, 0.717) is 23.4 Å². The SMILES string of the molecule is COCCOCC(=O)Nc1nc2ccc(Cl)cc2s1. The molecule has 0 fully saturated rings. The zero-order chi connectivity index (χ0) is 13.7. The standard InChI is InChI=1S/C12H13ClN2O3S/c1-17-4-5-18-7-11(16)15-12-14-9-3-2-8(13)6-10(9)19-12/h2-3,6H,4-5,7H2,1H3,(H,14,15,16). The quantitative estimate of drug-likeness (QED) is 0.833. The van der Waals surface area contributed by atoms with Gasteiger partial charge >= 0.3 is 0 Å². The Morgan fingerprint density at radius 1 is 1.47 bits per heavy atom. The number of nitrogens with zero attached hydrogens (tertiary/aromatic N) is 1. The van der Waals surface area contributed by atoms with Gasteiger partial charge in [-0.3, -0.25) is 10.1 Å². The van der Waals surface area contributed by atoms with Crippen molar-refractivity contribution in [3.05, 3.63) is 23.2 Å². The molecule has 5 nitrogen and oxygen atoms in total. The van der Waals surface area contributed by atoms with E-state index >= 15 is 0 Å². The molecule has 1 heterocycles. The van der Waals surface area contributed by atoms with Gasteiger partial charge in [0.15, 0.2) is 5.13 Å². The average molecular weight is 301 g/mol. The predicted molar refractivity (Wildman–Crippen MR) is 76.0 cm³/mol. The summed E-state index contributed by atoms with van der Waals surface area (Å²) in [5.74, 6) is -0.235. The van der Waals surface area contributed by atoms with E-state index in [9.17, 15) is 4.79 Å². The highest BCUT2D eigenvalue weighted by atomic mass is 35.5. The van der Waals surface area contributed by atoms with Crippen molar-refractivity contribution < 1.29 is 14.3 Å². The maximum absolute atomic E-state index is 11.6. The maximum Gasteiger partial charge on any atom is 0.252 e. The van der Waals surface area contributed by atoms with E-state index in [1.807, 2.05) is 12.1 Å². The van der Waals surface area contributed by atoms with Crippen LogP contribution in [0.1, 0.15) is 0 Å². The van der Waals surface area contributed by atoms with Crippen LogP contribution in [0.25, 0.3) is 10.2 Å². The van der Waals surface area contributed by atoms with Gasteiger partial charge in [0.25, 0.3) is 5.91 Å². The van der Waals surface area contributed by atoms with Crippen LogP contribution in [-0.4, -0.2) is 37.8 Å². The summed E-state index contributed by atoms with van der Waals surface area (Å²) in [7, 11) is 1.58. The number of carbonyl (C=O) groups is 1. The van der Waals surface area contributed by atoms with Crippen molar-refractivity contribution in [1.82, 2.24) is 4.98 Å². The van der Waals surface area contributed by atoms with Crippen molar-refractivity contribution in [2.45, 2.75) is 0 Å². The summed E-state index contributed by atoms with van der Waals surface area (Å²) in [6.07, 6.45) is 0. The Bertz CT molecular complexity index is 573. The first-order valence-corrected chi connectivity index (χ1v) is 6.81. The summed E-state index contributed by atoms with van der Waals surface area (Å²) in [4.78, 5) is 15.9. The van der Waals surface area contributed by atoms with Crippen molar-refractivity contribution in [3.63, 3.8) is 0 Å². The monoisotopic (exact) mass is 300 g/mol. The van der Waals surface area contributed by atoms with Crippen LogP contribution in [0.15, 0.2) is 18.2 Å². The van der Waals surface area contributed by atoms with E-state index in [1.165, 1.54) is 11.3 Å². The molecular weight excluding hydrogens is 288 g/mol. The number of amides is 1. The number of hydrogen-bond donors (Lipinski definition) is 1. The molecule has 102 valence electrons. The smallest absolute Gasteiger partial charge is 0.252 e. The molecule has 1 amide bonds. The lowest BCUT2D eigenvalue weighted by molar-refractivity contribution is -0.121. The van der Waals surface area contributed by atoms with Crippen LogP contribution >= 0.6 is 22.9 Å². The predicted octanol–water partition coefficient (Wildman–Crippen LogP) is 2.55. The van der Waals surface area contributed by atoms with Crippen LogP contribution in [0.4, 0.5) is 5.13 Å². The molecule has 1 aromatic carbocycles. The molecule has 0 bridgehead atoms. The Morgan fingerprint density at radius 3 is 3.11 bits per heavy atom. The summed E-state index contributed by atoms with van der Waals surface area (Å²) in [5, 5.41) is 3.88. The normalized spacial score (nSPS) is 10.8. The van der Waals surface area contributed by atoms with Crippen molar-refractivity contribution in [2.24, 2.45) is 0 Å². The topological polar surface area (TPSA) is 60.5 Å². The molecule has 19 heavy (non-hydrogen) atoms. The van der Waals surface area contributed by atoms with Crippen LogP contribution in [0.3, 0.4) is 0 Å². The van der Waals surface area contributed by atoms with Gasteiger partial charge in [0.1, 0.15) is 6.61 Å². The number of hydrogen-bond acceptors (Lipinski definition) is 5. The Morgan fingerprint density at radius 2 is 2.32 bits per heavy atom. The van der Waals surface area contributed by atoms with Crippen molar-refractivity contribution in [2.75, 3.05) is 32.2 Å². The van der Waals surface area contributed by atoms with Gasteiger partial charge in [0, 0.05) is 12.1 Å². The number of anilines is 1. The van der Waals surface area contributed by atoms with E-state index < -0.39 is 0 Å². The van der Waals surface area contributed by atoms with Crippen LogP contribution in [0, 0.1) is 0 Å². The number of nitrogens with one attached hydrogen (secondary N) is 1. The number of thiazole rings is 1. The van der Waals surface area contributed by atoms with Gasteiger partial charge in [-0.15, -0.1) is 0 Å². The largest absolute Gasteiger partial charge is 0.382 e. The maximum atomic E-state index is 11.6. The molecule has 0 unspecified atom stereocenters. The van der Waals surface area contributed by atoms with E-state index in [2.05, 4.69) is 10.3 Å². The summed E-state index contributed by atoms with van der Waals surface area (Å²) in [6, 6.07) is 5.40. The van der Waals surface area contributed by atoms with Gasteiger partial charge in [-0.05, 0) is 18.2 Å². The van der Waals surface area contributed by atoms with E-state index in [1.54, 1.807) is 13.2 Å². The van der Waals surface area contributed by atoms with E-state index in [-0.39, 0.29) is 12.5 Å². The highest BCUT2D eigenvalue weighted by molar-refractivity contribution is 7.22. The molecule has 2 rings (SSSR count). The van der Waals surface area contributed by atoms with E-state index in [4.69, 9.17) is 21.1 Å². The minimum atomic E-state index is -0.235. The molecule has 0 spiro atoms. The number of halogens is 1. The van der Waals surface area contributed by atoms with Crippen molar-refractivity contribution in [3.8, 4) is 0 Å². The van der Waals surface area contributed by atoms with Gasteiger partial charge in [-0.1, -0.05) is 22.9 Å². The molecular formula is C12H13ClN2O3S. The number of aromatic nitrogens is 1. The van der Waals surface area contributed by atoms with Crippen LogP contribution in [0.2, 0.25) is 5.02 Å². The fraction of sp³-hybridized carbons (Fsp3) is 0.333. The molecule has 0 saturated carbocycles. The van der Waals surface area contributed by atoms with E-state index in [0.717, 1.165) is 10.2 Å². The first kappa shape index (κ1) is 14.2. The van der Waals surface area contributed by atoms with Crippen LogP contribution in [0.5, 0.6) is 0 Å². The van der Waals surface area contributed by atoms with Crippen LogP contribution < -0.4 is 5.32 Å². The molecule has 0 radical (unpaired) electrons. The summed E-state index contributed by atoms with van der Waals surface area (Å²) >= 11 is 7.27. The van der Waals surface area contributed by atoms with Crippen molar-refractivity contribution in [1.29, 1.82) is 0 Å². The third-order valence-electron chi connectivity index (χ3n) is 2.26. The Balaban J connectivity index is 1.91. The lowest BCUT2D eigenvalue weighted by atomic mass is 10.3. The highest BCUT2D eigenvalue weighted by Crippen LogP contribution is 2.28. The highest BCUT2D eigenvalue weighted by Gasteiger charge is 2.08. The minimum absolute atomic E-state index is 0.0138. The zero-order valence-electron chi connectivity index (χ0n) is 10.3. The number of carbonyl (C=O) groups excluding carboxylic acids is 1. The second-order valence-corrected chi connectivity index (χ2v) is 5.19. The fourth-order valence-corrected chi connectivity index (χ4v) is 2.57. The van der Waals surface area contributed by atoms with Gasteiger partial charge in [-0.25, -0.2) is 4.98 Å². The number of methoxy groups -OCH3 is 1. The molecule has 0 aliphatic carbocycles. The number of rotatable bonds is 6. The molecule has 0 saturated heterocycles. The molecule has 2 aromatic rings. The molecule has 0 atom stereocenters. The Hall–Kier alpha value is -1.21. The third kappa shape index (κ3) is 4.14. The number of fused-ring (bicyclic) bond motifs is 1. The summed E-state index contributed by atoms with van der Waals surface area (Å²) in [5.41, 5.74) is 0.810. The summed E-state index contributed by atoms with van der Waals surface area (Å²) < 4.78 is 10.9. The summed E-state index contributed by atoms with van der Waals surface area (Å²) in [6.45, 7) is 0.840. The molecule has 0 aliphatic heterocycles. The van der Waals surface area contributed by atoms with Gasteiger partial charge in [0.05, 0.1) is 23.4 Å². The zero-order valence-corrected chi connectivity index (χ0v) is 11.9. The lowest BCUT2D eigenvalue weighted by Crippen LogP contribution is -2.19. The van der Waals surface area contributed by atoms with Crippen LogP contribution in [-0.2, 0) is 14.3 Å². The molecule has 7 heteroatoms. The van der Waals surface area contributed by atoms with Gasteiger partial charge in [-0.2, -0.15) is 0 Å². The first-order chi connectivity index (χ1) is 9.19. The first-order valence-electron chi connectivity index (χ1n) is 5.61. The Kier molecular flexibility index (Phi) is 5.09.